The molecule has 1 heterocycles. The Bertz CT molecular complexity index is 330. The Balaban J connectivity index is 1.85. The monoisotopic (exact) mass is 248 g/mol. The van der Waals surface area contributed by atoms with Gasteiger partial charge in [0.2, 0.25) is 10.0 Å². The van der Waals surface area contributed by atoms with Gasteiger partial charge in [0.1, 0.15) is 6.23 Å². The van der Waals surface area contributed by atoms with E-state index in [9.17, 15) is 8.42 Å². The Kier molecular flexibility index (Phi) is 3.53. The summed E-state index contributed by atoms with van der Waals surface area (Å²) in [5.41, 5.74) is 5.55. The molecule has 94 valence electrons. The molecule has 0 radical (unpaired) electrons. The van der Waals surface area contributed by atoms with E-state index < -0.39 is 10.0 Å². The molecule has 6 heteroatoms. The molecule has 2 N–H and O–H groups in total. The molecule has 1 atom stereocenters. The molecule has 2 fully saturated rings. The minimum absolute atomic E-state index is 0.0987. The van der Waals surface area contributed by atoms with Crippen LogP contribution in [0.4, 0.5) is 0 Å². The second-order valence-electron chi connectivity index (χ2n) is 4.68. The molecule has 0 spiro atoms. The van der Waals surface area contributed by atoms with Crippen molar-refractivity contribution < 1.29 is 13.2 Å². The van der Waals surface area contributed by atoms with E-state index >= 15 is 0 Å². The Morgan fingerprint density at radius 3 is 2.25 bits per heavy atom. The van der Waals surface area contributed by atoms with Crippen LogP contribution in [0, 0.1) is 0 Å². The minimum atomic E-state index is -2.99. The van der Waals surface area contributed by atoms with Crippen LogP contribution in [0.5, 0.6) is 0 Å². The van der Waals surface area contributed by atoms with Crippen LogP contribution in [0.1, 0.15) is 32.6 Å². The van der Waals surface area contributed by atoms with E-state index in [0.717, 1.165) is 25.7 Å². The molecule has 0 aromatic heterocycles. The van der Waals surface area contributed by atoms with Crippen molar-refractivity contribution in [1.82, 2.24) is 4.31 Å². The number of hydrogen-bond donors (Lipinski definition) is 1. The maximum absolute atomic E-state index is 11.9. The SMILES string of the molecule is CC(N)OC1CCN(S(=O)(=O)C2CC2)CC1. The third-order valence-electron chi connectivity index (χ3n) is 3.11. The summed E-state index contributed by atoms with van der Waals surface area (Å²) < 4.78 is 31.0. The summed E-state index contributed by atoms with van der Waals surface area (Å²) in [4.78, 5) is 0. The van der Waals surface area contributed by atoms with Gasteiger partial charge in [0.25, 0.3) is 0 Å². The maximum Gasteiger partial charge on any atom is 0.216 e. The Labute approximate surface area is 97.0 Å². The molecule has 0 aromatic carbocycles. The van der Waals surface area contributed by atoms with Crippen LogP contribution in [-0.4, -0.2) is 43.4 Å². The van der Waals surface area contributed by atoms with Gasteiger partial charge in [-0.25, -0.2) is 12.7 Å². The van der Waals surface area contributed by atoms with Gasteiger partial charge in [0.15, 0.2) is 0 Å². The van der Waals surface area contributed by atoms with Gasteiger partial charge in [-0.05, 0) is 32.6 Å². The smallest absolute Gasteiger partial charge is 0.216 e. The van der Waals surface area contributed by atoms with E-state index in [0.29, 0.717) is 13.1 Å². The molecule has 0 bridgehead atoms. The molecule has 1 unspecified atom stereocenters. The summed E-state index contributed by atoms with van der Waals surface area (Å²) >= 11 is 0. The van der Waals surface area contributed by atoms with E-state index in [1.165, 1.54) is 0 Å². The minimum Gasteiger partial charge on any atom is -0.361 e. The van der Waals surface area contributed by atoms with E-state index in [-0.39, 0.29) is 17.6 Å². The number of nitrogens with two attached hydrogens (primary N) is 1. The molecular weight excluding hydrogens is 228 g/mol. The summed E-state index contributed by atoms with van der Waals surface area (Å²) in [6.45, 7) is 2.96. The zero-order valence-electron chi connectivity index (χ0n) is 9.63. The van der Waals surface area contributed by atoms with Crippen LogP contribution < -0.4 is 5.73 Å². The van der Waals surface area contributed by atoms with E-state index in [2.05, 4.69) is 0 Å². The molecule has 0 amide bonds. The van der Waals surface area contributed by atoms with Crippen LogP contribution in [-0.2, 0) is 14.8 Å². The normalized spacial score (nSPS) is 26.9. The molecule has 0 aromatic rings. The Morgan fingerprint density at radius 1 is 1.25 bits per heavy atom. The zero-order chi connectivity index (χ0) is 11.8. The highest BCUT2D eigenvalue weighted by Crippen LogP contribution is 2.32. The van der Waals surface area contributed by atoms with Crippen molar-refractivity contribution in [3.05, 3.63) is 0 Å². The van der Waals surface area contributed by atoms with Crippen molar-refractivity contribution in [2.45, 2.75) is 50.2 Å². The largest absolute Gasteiger partial charge is 0.361 e. The number of hydrogen-bond acceptors (Lipinski definition) is 4. The first kappa shape index (κ1) is 12.3. The lowest BCUT2D eigenvalue weighted by Crippen LogP contribution is -2.43. The summed E-state index contributed by atoms with van der Waals surface area (Å²) in [5.74, 6) is 0. The highest BCUT2D eigenvalue weighted by Gasteiger charge is 2.41. The maximum atomic E-state index is 11.9. The Morgan fingerprint density at radius 2 is 1.81 bits per heavy atom. The number of rotatable bonds is 4. The van der Waals surface area contributed by atoms with Crippen molar-refractivity contribution in [3.8, 4) is 0 Å². The van der Waals surface area contributed by atoms with Crippen LogP contribution in [0.2, 0.25) is 0 Å². The van der Waals surface area contributed by atoms with E-state index in [4.69, 9.17) is 10.5 Å². The first-order valence-electron chi connectivity index (χ1n) is 5.90. The van der Waals surface area contributed by atoms with Gasteiger partial charge >= 0.3 is 0 Å². The summed E-state index contributed by atoms with van der Waals surface area (Å²) in [7, 11) is -2.99. The second kappa shape index (κ2) is 4.60. The molecule has 2 aliphatic rings. The van der Waals surface area contributed by atoms with E-state index in [1.807, 2.05) is 0 Å². The molecule has 1 saturated heterocycles. The third-order valence-corrected chi connectivity index (χ3v) is 5.51. The van der Waals surface area contributed by atoms with Gasteiger partial charge in [-0.1, -0.05) is 0 Å². The molecule has 1 saturated carbocycles. The van der Waals surface area contributed by atoms with Gasteiger partial charge < -0.3 is 10.5 Å². The number of piperidine rings is 1. The summed E-state index contributed by atoms with van der Waals surface area (Å²) in [6.07, 6.45) is 3.03. The van der Waals surface area contributed by atoms with Crippen LogP contribution in [0.15, 0.2) is 0 Å². The highest BCUT2D eigenvalue weighted by atomic mass is 32.2. The quantitative estimate of drug-likeness (QED) is 0.725. The van der Waals surface area contributed by atoms with Crippen molar-refractivity contribution >= 4 is 10.0 Å². The Hall–Kier alpha value is -0.170. The van der Waals surface area contributed by atoms with Crippen LogP contribution in [0.3, 0.4) is 0 Å². The topological polar surface area (TPSA) is 72.6 Å². The molecular formula is C10H20N2O3S. The lowest BCUT2D eigenvalue weighted by Gasteiger charge is -2.31. The fourth-order valence-corrected chi connectivity index (χ4v) is 3.98. The highest BCUT2D eigenvalue weighted by molar-refractivity contribution is 7.90. The van der Waals surface area contributed by atoms with Crippen molar-refractivity contribution in [2.75, 3.05) is 13.1 Å². The molecule has 1 aliphatic carbocycles. The second-order valence-corrected chi connectivity index (χ2v) is 6.90. The summed E-state index contributed by atoms with van der Waals surface area (Å²) in [6, 6.07) is 0. The van der Waals surface area contributed by atoms with Gasteiger partial charge in [-0.3, -0.25) is 0 Å². The average molecular weight is 248 g/mol. The predicted molar refractivity (Wildman–Crippen MR) is 61.3 cm³/mol. The molecule has 5 nitrogen and oxygen atoms in total. The number of sulfonamides is 1. The van der Waals surface area contributed by atoms with Crippen LogP contribution >= 0.6 is 0 Å². The third kappa shape index (κ3) is 2.74. The lowest BCUT2D eigenvalue weighted by atomic mass is 10.1. The van der Waals surface area contributed by atoms with Crippen molar-refractivity contribution in [1.29, 1.82) is 0 Å². The fourth-order valence-electron chi connectivity index (χ4n) is 2.10. The van der Waals surface area contributed by atoms with Gasteiger partial charge in [0, 0.05) is 13.1 Å². The van der Waals surface area contributed by atoms with Gasteiger partial charge in [0.05, 0.1) is 11.4 Å². The first-order chi connectivity index (χ1) is 7.50. The molecule has 2 rings (SSSR count). The molecule has 1 aliphatic heterocycles. The lowest BCUT2D eigenvalue weighted by molar-refractivity contribution is -0.0223. The standard InChI is InChI=1S/C10H20N2O3S/c1-8(11)15-9-4-6-12(7-5-9)16(13,14)10-2-3-10/h8-10H,2-7,11H2,1H3. The zero-order valence-corrected chi connectivity index (χ0v) is 10.4. The number of ether oxygens (including phenoxy) is 1. The van der Waals surface area contributed by atoms with Crippen molar-refractivity contribution in [2.24, 2.45) is 5.73 Å². The van der Waals surface area contributed by atoms with Crippen molar-refractivity contribution in [3.63, 3.8) is 0 Å². The van der Waals surface area contributed by atoms with E-state index in [1.54, 1.807) is 11.2 Å². The molecule has 16 heavy (non-hydrogen) atoms. The number of nitrogens with zero attached hydrogens (tertiary/aromatic N) is 1. The van der Waals surface area contributed by atoms with Gasteiger partial charge in [-0.2, -0.15) is 0 Å². The van der Waals surface area contributed by atoms with Gasteiger partial charge in [-0.15, -0.1) is 0 Å². The first-order valence-corrected chi connectivity index (χ1v) is 7.40. The fraction of sp³-hybridized carbons (Fsp3) is 1.00. The summed E-state index contributed by atoms with van der Waals surface area (Å²) in [5, 5.41) is -0.0987. The average Bonchev–Trinajstić information content (AvgIpc) is 3.00. The predicted octanol–water partition coefficient (Wildman–Crippen LogP) is 0.264. The van der Waals surface area contributed by atoms with Crippen LogP contribution in [0.25, 0.3) is 0 Å².